The number of carboxylic acids is 1. The third-order valence-electron chi connectivity index (χ3n) is 4.86. The Morgan fingerprint density at radius 1 is 1.03 bits per heavy atom. The van der Waals surface area contributed by atoms with Crippen molar-refractivity contribution in [1.82, 2.24) is 10.6 Å². The van der Waals surface area contributed by atoms with Crippen molar-refractivity contribution in [3.05, 3.63) is 70.2 Å². The number of fused-ring (bicyclic) bond motifs is 3. The van der Waals surface area contributed by atoms with Gasteiger partial charge in [0.15, 0.2) is 0 Å². The van der Waals surface area contributed by atoms with Crippen LogP contribution in [0, 0.1) is 0 Å². The van der Waals surface area contributed by atoms with Crippen LogP contribution in [0.25, 0.3) is 11.1 Å². The average molecular weight is 463 g/mol. The molecule has 0 bridgehead atoms. The van der Waals surface area contributed by atoms with Crippen LogP contribution in [0.4, 0.5) is 4.79 Å². The zero-order valence-electron chi connectivity index (χ0n) is 16.3. The molecule has 0 radical (unpaired) electrons. The predicted molar refractivity (Wildman–Crippen MR) is 117 cm³/mol. The van der Waals surface area contributed by atoms with E-state index in [2.05, 4.69) is 10.6 Å². The second-order valence-corrected chi connectivity index (χ2v) is 7.87. The van der Waals surface area contributed by atoms with E-state index in [9.17, 15) is 14.4 Å². The van der Waals surface area contributed by atoms with Crippen molar-refractivity contribution in [2.45, 2.75) is 18.4 Å². The quantitative estimate of drug-likeness (QED) is 0.553. The van der Waals surface area contributed by atoms with Crippen molar-refractivity contribution in [1.29, 1.82) is 0 Å². The summed E-state index contributed by atoms with van der Waals surface area (Å²) in [6, 6.07) is 14.4. The molecule has 0 spiro atoms. The highest BCUT2D eigenvalue weighted by atomic mass is 35.5. The maximum Gasteiger partial charge on any atom is 0.407 e. The van der Waals surface area contributed by atoms with Gasteiger partial charge in [-0.2, -0.15) is 0 Å². The van der Waals surface area contributed by atoms with Crippen LogP contribution >= 0.6 is 23.2 Å². The van der Waals surface area contributed by atoms with Gasteiger partial charge in [0, 0.05) is 12.5 Å². The Balaban J connectivity index is 1.64. The van der Waals surface area contributed by atoms with E-state index in [-0.39, 0.29) is 23.6 Å². The molecule has 1 aliphatic rings. The van der Waals surface area contributed by atoms with E-state index in [1.54, 1.807) is 0 Å². The minimum absolute atomic E-state index is 0.0103. The van der Waals surface area contributed by atoms with Crippen LogP contribution in [-0.2, 0) is 14.3 Å². The Kier molecular flexibility index (Phi) is 7.55. The number of hydrogen-bond donors (Lipinski definition) is 3. The van der Waals surface area contributed by atoms with Crippen LogP contribution < -0.4 is 10.6 Å². The fourth-order valence-corrected chi connectivity index (χ4v) is 3.67. The molecule has 0 saturated heterocycles. The highest BCUT2D eigenvalue weighted by molar-refractivity contribution is 6.55. The SMILES string of the molecule is O=C(O)CC(NC(=O)OCC1c2ccccc2-c2ccccc21)C(=O)NCC=C(Cl)Cl. The highest BCUT2D eigenvalue weighted by Crippen LogP contribution is 2.44. The van der Waals surface area contributed by atoms with Gasteiger partial charge in [0.05, 0.1) is 6.42 Å². The summed E-state index contributed by atoms with van der Waals surface area (Å²) in [5, 5.41) is 13.8. The molecule has 3 rings (SSSR count). The van der Waals surface area contributed by atoms with Crippen LogP contribution in [0.15, 0.2) is 59.1 Å². The lowest BCUT2D eigenvalue weighted by molar-refractivity contribution is -0.139. The molecule has 3 N–H and O–H groups in total. The zero-order chi connectivity index (χ0) is 22.4. The van der Waals surface area contributed by atoms with Crippen LogP contribution in [0.2, 0.25) is 0 Å². The molecular formula is C22H20Cl2N2O5. The first kappa shape index (κ1) is 22.7. The number of rotatable bonds is 8. The van der Waals surface area contributed by atoms with Gasteiger partial charge in [-0.15, -0.1) is 0 Å². The maximum atomic E-state index is 12.3. The van der Waals surface area contributed by atoms with Crippen LogP contribution in [0.1, 0.15) is 23.5 Å². The summed E-state index contributed by atoms with van der Waals surface area (Å²) in [7, 11) is 0. The second kappa shape index (κ2) is 10.3. The first-order valence-corrected chi connectivity index (χ1v) is 10.2. The van der Waals surface area contributed by atoms with E-state index in [1.165, 1.54) is 6.08 Å². The smallest absolute Gasteiger partial charge is 0.407 e. The van der Waals surface area contributed by atoms with Crippen LogP contribution in [0.5, 0.6) is 0 Å². The van der Waals surface area contributed by atoms with Crippen molar-refractivity contribution in [2.75, 3.05) is 13.2 Å². The summed E-state index contributed by atoms with van der Waals surface area (Å²) in [4.78, 5) is 35.7. The molecule has 1 atom stereocenters. The first-order chi connectivity index (χ1) is 14.9. The molecule has 2 amide bonds. The molecule has 0 saturated carbocycles. The van der Waals surface area contributed by atoms with Gasteiger partial charge in [0.25, 0.3) is 0 Å². The average Bonchev–Trinajstić information content (AvgIpc) is 3.05. The number of alkyl carbamates (subject to hydrolysis) is 1. The lowest BCUT2D eigenvalue weighted by Gasteiger charge is -2.18. The Bertz CT molecular complexity index is 975. The lowest BCUT2D eigenvalue weighted by Crippen LogP contribution is -2.48. The van der Waals surface area contributed by atoms with Crippen molar-refractivity contribution in [2.24, 2.45) is 0 Å². The van der Waals surface area contributed by atoms with Crippen LogP contribution in [-0.4, -0.2) is 42.3 Å². The number of amides is 2. The van der Waals surface area contributed by atoms with E-state index in [4.69, 9.17) is 33.0 Å². The number of benzene rings is 2. The van der Waals surface area contributed by atoms with E-state index >= 15 is 0 Å². The fraction of sp³-hybridized carbons (Fsp3) is 0.227. The molecule has 0 aromatic heterocycles. The van der Waals surface area contributed by atoms with Crippen molar-refractivity contribution in [3.8, 4) is 11.1 Å². The third kappa shape index (κ3) is 5.77. The number of ether oxygens (including phenoxy) is 1. The first-order valence-electron chi connectivity index (χ1n) is 9.49. The molecule has 2 aromatic rings. The second-order valence-electron chi connectivity index (χ2n) is 6.86. The normalized spacial score (nSPS) is 12.8. The van der Waals surface area contributed by atoms with Gasteiger partial charge in [-0.3, -0.25) is 9.59 Å². The molecule has 1 aliphatic carbocycles. The minimum atomic E-state index is -1.31. The van der Waals surface area contributed by atoms with Gasteiger partial charge in [0.1, 0.15) is 17.1 Å². The maximum absolute atomic E-state index is 12.3. The van der Waals surface area contributed by atoms with Crippen LogP contribution in [0.3, 0.4) is 0 Å². The molecular weight excluding hydrogens is 443 g/mol. The standard InChI is InChI=1S/C22H20Cl2N2O5/c23-19(24)9-10-25-21(29)18(11-20(27)28)26-22(30)31-12-17-15-7-3-1-5-13(15)14-6-2-4-8-16(14)17/h1-9,17-18H,10-12H2,(H,25,29)(H,26,30)(H,27,28). The van der Waals surface area contributed by atoms with Gasteiger partial charge in [-0.05, 0) is 28.3 Å². The topological polar surface area (TPSA) is 105 Å². The number of carbonyl (C=O) groups excluding carboxylic acids is 2. The summed E-state index contributed by atoms with van der Waals surface area (Å²) < 4.78 is 5.33. The highest BCUT2D eigenvalue weighted by Gasteiger charge is 2.30. The summed E-state index contributed by atoms with van der Waals surface area (Å²) >= 11 is 11.0. The summed E-state index contributed by atoms with van der Waals surface area (Å²) in [5.74, 6) is -2.09. The Morgan fingerprint density at radius 3 is 2.16 bits per heavy atom. The van der Waals surface area contributed by atoms with E-state index < -0.39 is 30.4 Å². The Labute approximate surface area is 189 Å². The van der Waals surface area contributed by atoms with Gasteiger partial charge in [-0.1, -0.05) is 71.7 Å². The number of halogens is 2. The summed E-state index contributed by atoms with van der Waals surface area (Å²) in [6.45, 7) is 0.0372. The predicted octanol–water partition coefficient (Wildman–Crippen LogP) is 3.80. The Hall–Kier alpha value is -3.03. The molecule has 0 heterocycles. The van der Waals surface area contributed by atoms with E-state index in [1.807, 2.05) is 48.5 Å². The minimum Gasteiger partial charge on any atom is -0.481 e. The molecule has 0 aliphatic heterocycles. The number of aliphatic carboxylic acids is 1. The molecule has 7 nitrogen and oxygen atoms in total. The molecule has 2 aromatic carbocycles. The van der Waals surface area contributed by atoms with Crippen molar-refractivity contribution in [3.63, 3.8) is 0 Å². The summed E-state index contributed by atoms with van der Waals surface area (Å²) in [6.07, 6.45) is -0.158. The number of nitrogens with one attached hydrogen (secondary N) is 2. The monoisotopic (exact) mass is 462 g/mol. The van der Waals surface area contributed by atoms with Gasteiger partial charge < -0.3 is 20.5 Å². The van der Waals surface area contributed by atoms with Gasteiger partial charge >= 0.3 is 12.1 Å². The number of hydrogen-bond acceptors (Lipinski definition) is 4. The molecule has 31 heavy (non-hydrogen) atoms. The third-order valence-corrected chi connectivity index (χ3v) is 5.17. The van der Waals surface area contributed by atoms with Gasteiger partial charge in [0.2, 0.25) is 5.91 Å². The number of carboxylic acid groups (broad SMARTS) is 1. The molecule has 1 unspecified atom stereocenters. The van der Waals surface area contributed by atoms with Crippen molar-refractivity contribution < 1.29 is 24.2 Å². The largest absolute Gasteiger partial charge is 0.481 e. The van der Waals surface area contributed by atoms with Crippen molar-refractivity contribution >= 4 is 41.2 Å². The lowest BCUT2D eigenvalue weighted by atomic mass is 9.98. The zero-order valence-corrected chi connectivity index (χ0v) is 17.8. The van der Waals surface area contributed by atoms with E-state index in [0.717, 1.165) is 22.3 Å². The molecule has 9 heteroatoms. The molecule has 0 fully saturated rings. The summed E-state index contributed by atoms with van der Waals surface area (Å²) in [5.41, 5.74) is 4.25. The molecule has 162 valence electrons. The number of carbonyl (C=O) groups is 3. The Morgan fingerprint density at radius 2 is 1.61 bits per heavy atom. The van der Waals surface area contributed by atoms with E-state index in [0.29, 0.717) is 0 Å². The fourth-order valence-electron chi connectivity index (χ4n) is 3.52. The van der Waals surface area contributed by atoms with Gasteiger partial charge in [-0.25, -0.2) is 4.79 Å².